The maximum absolute atomic E-state index is 11.5. The molecule has 1 rings (SSSR count). The van der Waals surface area contributed by atoms with Crippen LogP contribution in [0.15, 0.2) is 34.5 Å². The van der Waals surface area contributed by atoms with E-state index in [9.17, 15) is 9.59 Å². The SMILES string of the molecule is N#CN=NCNc1cccc(C(=O)NCC=O)c1. The summed E-state index contributed by atoms with van der Waals surface area (Å²) in [5, 5.41) is 20.1. The molecule has 2 N–H and O–H groups in total. The van der Waals surface area contributed by atoms with Crippen molar-refractivity contribution in [2.45, 2.75) is 0 Å². The van der Waals surface area contributed by atoms with Crippen LogP contribution < -0.4 is 10.6 Å². The van der Waals surface area contributed by atoms with Crippen LogP contribution in [0, 0.1) is 11.5 Å². The van der Waals surface area contributed by atoms with Gasteiger partial charge in [0.25, 0.3) is 5.91 Å². The number of nitriles is 1. The van der Waals surface area contributed by atoms with E-state index in [1.165, 1.54) is 6.19 Å². The molecule has 1 aromatic rings. The summed E-state index contributed by atoms with van der Waals surface area (Å²) < 4.78 is 0. The molecule has 0 aromatic heterocycles. The molecule has 0 radical (unpaired) electrons. The molecule has 1 amide bonds. The van der Waals surface area contributed by atoms with Crippen LogP contribution in [0.4, 0.5) is 5.69 Å². The van der Waals surface area contributed by atoms with Crippen molar-refractivity contribution in [3.8, 4) is 6.19 Å². The molecule has 0 spiro atoms. The molecule has 7 heteroatoms. The van der Waals surface area contributed by atoms with Crippen LogP contribution in [0.1, 0.15) is 10.4 Å². The Labute approximate surface area is 104 Å². The molecular weight excluding hydrogens is 234 g/mol. The first-order valence-electron chi connectivity index (χ1n) is 5.09. The summed E-state index contributed by atoms with van der Waals surface area (Å²) in [4.78, 5) is 21.7. The lowest BCUT2D eigenvalue weighted by Crippen LogP contribution is -2.25. The summed E-state index contributed by atoms with van der Waals surface area (Å²) in [6, 6.07) is 6.68. The highest BCUT2D eigenvalue weighted by atomic mass is 16.2. The zero-order valence-corrected chi connectivity index (χ0v) is 9.46. The van der Waals surface area contributed by atoms with Gasteiger partial charge in [0.1, 0.15) is 13.0 Å². The zero-order valence-electron chi connectivity index (χ0n) is 9.46. The number of hydrogen-bond donors (Lipinski definition) is 2. The Kier molecular flexibility index (Phi) is 5.56. The van der Waals surface area contributed by atoms with E-state index in [0.29, 0.717) is 17.5 Å². The third kappa shape index (κ3) is 4.40. The van der Waals surface area contributed by atoms with Gasteiger partial charge in [0.15, 0.2) is 0 Å². The highest BCUT2D eigenvalue weighted by molar-refractivity contribution is 5.95. The maximum atomic E-state index is 11.5. The molecule has 7 nitrogen and oxygen atoms in total. The van der Waals surface area contributed by atoms with Crippen molar-refractivity contribution < 1.29 is 9.59 Å². The zero-order chi connectivity index (χ0) is 13.2. The summed E-state index contributed by atoms with van der Waals surface area (Å²) in [6.45, 7) is 0.125. The first-order chi connectivity index (χ1) is 8.77. The smallest absolute Gasteiger partial charge is 0.251 e. The molecule has 0 heterocycles. The fourth-order valence-corrected chi connectivity index (χ4v) is 1.20. The van der Waals surface area contributed by atoms with Crippen LogP contribution in [0.25, 0.3) is 0 Å². The average Bonchev–Trinajstić information content (AvgIpc) is 2.41. The number of carbonyl (C=O) groups excluding carboxylic acids is 2. The van der Waals surface area contributed by atoms with E-state index in [1.54, 1.807) is 24.3 Å². The molecule has 0 saturated carbocycles. The van der Waals surface area contributed by atoms with Crippen molar-refractivity contribution in [2.75, 3.05) is 18.5 Å². The Morgan fingerprint density at radius 1 is 1.50 bits per heavy atom. The van der Waals surface area contributed by atoms with E-state index in [-0.39, 0.29) is 19.1 Å². The number of nitrogens with zero attached hydrogens (tertiary/aromatic N) is 3. The number of amides is 1. The third-order valence-electron chi connectivity index (χ3n) is 1.94. The number of azo groups is 1. The number of aldehydes is 1. The van der Waals surface area contributed by atoms with Crippen LogP contribution in [0.5, 0.6) is 0 Å². The fourth-order valence-electron chi connectivity index (χ4n) is 1.20. The summed E-state index contributed by atoms with van der Waals surface area (Å²) in [5.41, 5.74) is 1.10. The molecule has 1 aromatic carbocycles. The van der Waals surface area contributed by atoms with Gasteiger partial charge in [-0.1, -0.05) is 11.2 Å². The minimum Gasteiger partial charge on any atom is -0.365 e. The fraction of sp³-hybridized carbons (Fsp3) is 0.182. The Balaban J connectivity index is 2.61. The predicted molar refractivity (Wildman–Crippen MR) is 63.8 cm³/mol. The Bertz CT molecular complexity index is 492. The highest BCUT2D eigenvalue weighted by Crippen LogP contribution is 2.10. The second-order valence-corrected chi connectivity index (χ2v) is 3.13. The Morgan fingerprint density at radius 2 is 2.33 bits per heavy atom. The molecule has 0 fully saturated rings. The summed E-state index contributed by atoms with van der Waals surface area (Å²) >= 11 is 0. The van der Waals surface area contributed by atoms with Crippen LogP contribution >= 0.6 is 0 Å². The van der Waals surface area contributed by atoms with Gasteiger partial charge in [-0.3, -0.25) is 4.79 Å². The number of rotatable bonds is 6. The molecule has 0 unspecified atom stereocenters. The highest BCUT2D eigenvalue weighted by Gasteiger charge is 2.04. The number of carbonyl (C=O) groups is 2. The summed E-state index contributed by atoms with van der Waals surface area (Å²) in [5.74, 6) is -0.329. The van der Waals surface area contributed by atoms with Gasteiger partial charge in [-0.05, 0) is 18.2 Å². The van der Waals surface area contributed by atoms with Crippen molar-refractivity contribution in [1.29, 1.82) is 5.26 Å². The van der Waals surface area contributed by atoms with Crippen molar-refractivity contribution in [1.82, 2.24) is 5.32 Å². The molecule has 0 aliphatic heterocycles. The van der Waals surface area contributed by atoms with E-state index in [1.807, 2.05) is 0 Å². The van der Waals surface area contributed by atoms with Crippen LogP contribution in [-0.2, 0) is 4.79 Å². The van der Waals surface area contributed by atoms with Gasteiger partial charge in [0.05, 0.1) is 6.54 Å². The number of anilines is 1. The minimum absolute atomic E-state index is 0.0210. The van der Waals surface area contributed by atoms with E-state index >= 15 is 0 Å². The van der Waals surface area contributed by atoms with Crippen LogP contribution in [0.2, 0.25) is 0 Å². The molecule has 0 aliphatic carbocycles. The monoisotopic (exact) mass is 245 g/mol. The molecule has 0 atom stereocenters. The summed E-state index contributed by atoms with van der Waals surface area (Å²) in [6.07, 6.45) is 2.14. The lowest BCUT2D eigenvalue weighted by Gasteiger charge is -2.05. The first-order valence-corrected chi connectivity index (χ1v) is 5.09. The van der Waals surface area contributed by atoms with Crippen LogP contribution in [0.3, 0.4) is 0 Å². The first kappa shape index (κ1) is 13.3. The second-order valence-electron chi connectivity index (χ2n) is 3.13. The Morgan fingerprint density at radius 3 is 3.06 bits per heavy atom. The molecule has 0 aliphatic rings. The van der Waals surface area contributed by atoms with Gasteiger partial charge in [0.2, 0.25) is 6.19 Å². The van der Waals surface area contributed by atoms with E-state index in [0.717, 1.165) is 0 Å². The van der Waals surface area contributed by atoms with E-state index < -0.39 is 0 Å². The van der Waals surface area contributed by atoms with Gasteiger partial charge in [0, 0.05) is 11.3 Å². The minimum atomic E-state index is -0.329. The largest absolute Gasteiger partial charge is 0.365 e. The molecular formula is C11H11N5O2. The van der Waals surface area contributed by atoms with Crippen LogP contribution in [-0.4, -0.2) is 25.4 Å². The van der Waals surface area contributed by atoms with Gasteiger partial charge in [-0.25, -0.2) is 0 Å². The van der Waals surface area contributed by atoms with Gasteiger partial charge in [-0.15, -0.1) is 0 Å². The quantitative estimate of drug-likeness (QED) is 0.441. The van der Waals surface area contributed by atoms with Crippen molar-refractivity contribution in [2.24, 2.45) is 10.2 Å². The normalized spacial score (nSPS) is 9.72. The van der Waals surface area contributed by atoms with Gasteiger partial charge >= 0.3 is 0 Å². The van der Waals surface area contributed by atoms with Gasteiger partial charge < -0.3 is 15.4 Å². The lowest BCUT2D eigenvalue weighted by atomic mass is 10.2. The molecule has 18 heavy (non-hydrogen) atoms. The standard InChI is InChI=1S/C11H11N5O2/c12-7-15-16-8-14-10-3-1-2-9(6-10)11(18)13-4-5-17/h1-3,5-6,14H,4,8H2,(H,13,18). The maximum Gasteiger partial charge on any atom is 0.251 e. The molecule has 0 saturated heterocycles. The van der Waals surface area contributed by atoms with E-state index in [2.05, 4.69) is 20.9 Å². The average molecular weight is 245 g/mol. The van der Waals surface area contributed by atoms with Crippen molar-refractivity contribution >= 4 is 17.9 Å². The van der Waals surface area contributed by atoms with Crippen molar-refractivity contribution in [3.05, 3.63) is 29.8 Å². The Hall–Kier alpha value is -2.75. The summed E-state index contributed by atoms with van der Waals surface area (Å²) in [7, 11) is 0. The third-order valence-corrected chi connectivity index (χ3v) is 1.94. The number of benzene rings is 1. The molecule has 92 valence electrons. The van der Waals surface area contributed by atoms with Crippen molar-refractivity contribution in [3.63, 3.8) is 0 Å². The topological polar surface area (TPSA) is 107 Å². The van der Waals surface area contributed by atoms with E-state index in [4.69, 9.17) is 5.26 Å². The number of nitrogens with one attached hydrogen (secondary N) is 2. The number of hydrogen-bond acceptors (Lipinski definition) is 6. The lowest BCUT2D eigenvalue weighted by molar-refractivity contribution is -0.107. The molecule has 0 bridgehead atoms. The second kappa shape index (κ2) is 7.51. The van der Waals surface area contributed by atoms with Gasteiger partial charge in [-0.2, -0.15) is 10.4 Å². The predicted octanol–water partition coefficient (Wildman–Crippen LogP) is 0.918.